The number of para-hydroxylation sites is 1. The van der Waals surface area contributed by atoms with Crippen LogP contribution < -0.4 is 15.4 Å². The molecule has 0 atom stereocenters. The highest BCUT2D eigenvalue weighted by atomic mass is 19.1. The second-order valence-corrected chi connectivity index (χ2v) is 6.04. The standard InChI is InChI=1S/C22H19FN2O3/c1-28-20-8-3-2-5-17(20)14-24-21(26)15-6-4-7-16(13-15)22(27)25-19-11-9-18(23)10-12-19/h2-13H,14H2,1H3,(H,24,26)(H,25,27). The van der Waals surface area contributed by atoms with Crippen LogP contribution in [-0.2, 0) is 6.54 Å². The molecule has 2 N–H and O–H groups in total. The summed E-state index contributed by atoms with van der Waals surface area (Å²) in [6.07, 6.45) is 0. The number of amides is 2. The molecule has 0 heterocycles. The smallest absolute Gasteiger partial charge is 0.255 e. The lowest BCUT2D eigenvalue weighted by Crippen LogP contribution is -2.23. The number of anilines is 1. The lowest BCUT2D eigenvalue weighted by atomic mass is 10.1. The van der Waals surface area contributed by atoms with Crippen LogP contribution >= 0.6 is 0 Å². The summed E-state index contributed by atoms with van der Waals surface area (Å²) in [5, 5.41) is 5.49. The molecule has 5 nitrogen and oxygen atoms in total. The number of nitrogens with one attached hydrogen (secondary N) is 2. The van der Waals surface area contributed by atoms with Crippen molar-refractivity contribution in [1.82, 2.24) is 5.32 Å². The van der Waals surface area contributed by atoms with Gasteiger partial charge in [-0.05, 0) is 48.5 Å². The molecule has 0 unspecified atom stereocenters. The van der Waals surface area contributed by atoms with Crippen molar-refractivity contribution < 1.29 is 18.7 Å². The van der Waals surface area contributed by atoms with Crippen LogP contribution in [0.3, 0.4) is 0 Å². The molecule has 28 heavy (non-hydrogen) atoms. The zero-order valence-electron chi connectivity index (χ0n) is 15.2. The van der Waals surface area contributed by atoms with Crippen LogP contribution in [0.2, 0.25) is 0 Å². The van der Waals surface area contributed by atoms with Crippen molar-refractivity contribution in [3.63, 3.8) is 0 Å². The molecule has 0 spiro atoms. The predicted molar refractivity (Wildman–Crippen MR) is 105 cm³/mol. The summed E-state index contributed by atoms with van der Waals surface area (Å²) < 4.78 is 18.2. The van der Waals surface area contributed by atoms with Crippen molar-refractivity contribution >= 4 is 17.5 Å². The Balaban J connectivity index is 1.67. The number of carbonyl (C=O) groups excluding carboxylic acids is 2. The zero-order chi connectivity index (χ0) is 19.9. The molecular formula is C22H19FN2O3. The van der Waals surface area contributed by atoms with Gasteiger partial charge in [-0.2, -0.15) is 0 Å². The first-order chi connectivity index (χ1) is 13.6. The minimum atomic E-state index is -0.383. The second-order valence-electron chi connectivity index (χ2n) is 6.04. The van der Waals surface area contributed by atoms with E-state index < -0.39 is 0 Å². The maximum Gasteiger partial charge on any atom is 0.255 e. The number of methoxy groups -OCH3 is 1. The first kappa shape index (κ1) is 19.1. The van der Waals surface area contributed by atoms with E-state index in [-0.39, 0.29) is 17.6 Å². The van der Waals surface area contributed by atoms with Gasteiger partial charge in [-0.15, -0.1) is 0 Å². The van der Waals surface area contributed by atoms with Crippen molar-refractivity contribution in [2.75, 3.05) is 12.4 Å². The minimum absolute atomic E-state index is 0.300. The molecule has 0 bridgehead atoms. The Labute approximate surface area is 162 Å². The predicted octanol–water partition coefficient (Wildman–Crippen LogP) is 4.02. The Kier molecular flexibility index (Phi) is 6.01. The van der Waals surface area contributed by atoms with Crippen LogP contribution in [0.5, 0.6) is 5.75 Å². The van der Waals surface area contributed by atoms with E-state index in [0.29, 0.717) is 29.1 Å². The summed E-state index contributed by atoms with van der Waals surface area (Å²) in [7, 11) is 1.57. The maximum atomic E-state index is 13.0. The summed E-state index contributed by atoms with van der Waals surface area (Å²) in [5.41, 5.74) is 2.01. The van der Waals surface area contributed by atoms with E-state index in [1.165, 1.54) is 30.3 Å². The number of hydrogen-bond donors (Lipinski definition) is 2. The molecular weight excluding hydrogens is 359 g/mol. The molecule has 0 fully saturated rings. The molecule has 0 aliphatic carbocycles. The van der Waals surface area contributed by atoms with Gasteiger partial charge in [0.15, 0.2) is 0 Å². The summed E-state index contributed by atoms with van der Waals surface area (Å²) >= 11 is 0. The molecule has 0 aliphatic heterocycles. The van der Waals surface area contributed by atoms with Crippen molar-refractivity contribution in [3.05, 3.63) is 95.3 Å². The number of carbonyl (C=O) groups is 2. The first-order valence-corrected chi connectivity index (χ1v) is 8.64. The van der Waals surface area contributed by atoms with E-state index in [0.717, 1.165) is 5.56 Å². The molecule has 6 heteroatoms. The van der Waals surface area contributed by atoms with Gasteiger partial charge < -0.3 is 15.4 Å². The van der Waals surface area contributed by atoms with Gasteiger partial charge in [-0.1, -0.05) is 24.3 Å². The zero-order valence-corrected chi connectivity index (χ0v) is 15.2. The monoisotopic (exact) mass is 378 g/mol. The molecule has 0 aliphatic rings. The lowest BCUT2D eigenvalue weighted by Gasteiger charge is -2.10. The molecule has 3 aromatic rings. The Morgan fingerprint density at radius 3 is 2.29 bits per heavy atom. The van der Waals surface area contributed by atoms with Crippen LogP contribution in [-0.4, -0.2) is 18.9 Å². The van der Waals surface area contributed by atoms with Gasteiger partial charge in [0, 0.05) is 28.9 Å². The summed E-state index contributed by atoms with van der Waals surface area (Å²) in [6, 6.07) is 19.3. The number of halogens is 1. The van der Waals surface area contributed by atoms with Gasteiger partial charge in [0.1, 0.15) is 11.6 Å². The van der Waals surface area contributed by atoms with Crippen molar-refractivity contribution in [3.8, 4) is 5.75 Å². The van der Waals surface area contributed by atoms with Gasteiger partial charge in [-0.3, -0.25) is 9.59 Å². The Hall–Kier alpha value is -3.67. The lowest BCUT2D eigenvalue weighted by molar-refractivity contribution is 0.0950. The van der Waals surface area contributed by atoms with Crippen molar-refractivity contribution in [2.45, 2.75) is 6.54 Å². The minimum Gasteiger partial charge on any atom is -0.496 e. The Bertz CT molecular complexity index is 987. The van der Waals surface area contributed by atoms with Crippen LogP contribution in [0.4, 0.5) is 10.1 Å². The first-order valence-electron chi connectivity index (χ1n) is 8.64. The quantitative estimate of drug-likeness (QED) is 0.681. The maximum absolute atomic E-state index is 13.0. The fourth-order valence-electron chi connectivity index (χ4n) is 2.66. The fourth-order valence-corrected chi connectivity index (χ4v) is 2.66. The largest absolute Gasteiger partial charge is 0.496 e. The van der Waals surface area contributed by atoms with E-state index >= 15 is 0 Å². The summed E-state index contributed by atoms with van der Waals surface area (Å²) in [6.45, 7) is 0.300. The van der Waals surface area contributed by atoms with Gasteiger partial charge >= 0.3 is 0 Å². The van der Waals surface area contributed by atoms with E-state index in [1.807, 2.05) is 24.3 Å². The van der Waals surface area contributed by atoms with E-state index in [9.17, 15) is 14.0 Å². The molecule has 0 saturated carbocycles. The van der Waals surface area contributed by atoms with E-state index in [2.05, 4.69) is 10.6 Å². The Morgan fingerprint density at radius 1 is 0.893 bits per heavy atom. The second kappa shape index (κ2) is 8.81. The third-order valence-corrected chi connectivity index (χ3v) is 4.12. The molecule has 0 saturated heterocycles. The van der Waals surface area contributed by atoms with Gasteiger partial charge in [0.05, 0.1) is 7.11 Å². The van der Waals surface area contributed by atoms with E-state index in [4.69, 9.17) is 4.74 Å². The summed E-state index contributed by atoms with van der Waals surface area (Å²) in [4.78, 5) is 24.8. The van der Waals surface area contributed by atoms with Crippen LogP contribution in [0, 0.1) is 5.82 Å². The average Bonchev–Trinajstić information content (AvgIpc) is 2.74. The molecule has 142 valence electrons. The molecule has 3 rings (SSSR count). The fraction of sp³-hybridized carbons (Fsp3) is 0.0909. The van der Waals surface area contributed by atoms with Crippen LogP contribution in [0.25, 0.3) is 0 Å². The van der Waals surface area contributed by atoms with Gasteiger partial charge in [-0.25, -0.2) is 4.39 Å². The molecule has 0 radical (unpaired) electrons. The third kappa shape index (κ3) is 4.73. The SMILES string of the molecule is COc1ccccc1CNC(=O)c1cccc(C(=O)Nc2ccc(F)cc2)c1. The van der Waals surface area contributed by atoms with Crippen LogP contribution in [0.15, 0.2) is 72.8 Å². The number of benzene rings is 3. The normalized spacial score (nSPS) is 10.2. The van der Waals surface area contributed by atoms with E-state index in [1.54, 1.807) is 25.3 Å². The van der Waals surface area contributed by atoms with Crippen molar-refractivity contribution in [2.24, 2.45) is 0 Å². The number of hydrogen-bond acceptors (Lipinski definition) is 3. The van der Waals surface area contributed by atoms with Gasteiger partial charge in [0.2, 0.25) is 0 Å². The highest BCUT2D eigenvalue weighted by molar-refractivity contribution is 6.06. The average molecular weight is 378 g/mol. The third-order valence-electron chi connectivity index (χ3n) is 4.12. The van der Waals surface area contributed by atoms with Crippen molar-refractivity contribution in [1.29, 1.82) is 0 Å². The Morgan fingerprint density at radius 2 is 1.57 bits per heavy atom. The van der Waals surface area contributed by atoms with Gasteiger partial charge in [0.25, 0.3) is 11.8 Å². The number of rotatable bonds is 6. The molecule has 3 aromatic carbocycles. The topological polar surface area (TPSA) is 67.4 Å². The highest BCUT2D eigenvalue weighted by Gasteiger charge is 2.12. The highest BCUT2D eigenvalue weighted by Crippen LogP contribution is 2.17. The van der Waals surface area contributed by atoms with Crippen LogP contribution in [0.1, 0.15) is 26.3 Å². The summed E-state index contributed by atoms with van der Waals surface area (Å²) in [5.74, 6) is -0.379. The molecule has 0 aromatic heterocycles. The number of ether oxygens (including phenoxy) is 1. The molecule has 2 amide bonds.